The van der Waals surface area contributed by atoms with Crippen molar-refractivity contribution >= 4 is 6.03 Å². The summed E-state index contributed by atoms with van der Waals surface area (Å²) >= 11 is 0. The summed E-state index contributed by atoms with van der Waals surface area (Å²) in [5.41, 5.74) is 0.856. The lowest BCUT2D eigenvalue weighted by Crippen LogP contribution is -2.55. The highest BCUT2D eigenvalue weighted by Gasteiger charge is 2.52. The summed E-state index contributed by atoms with van der Waals surface area (Å²) in [5, 5.41) is 3.08. The minimum absolute atomic E-state index is 0.0491. The van der Waals surface area contributed by atoms with Gasteiger partial charge in [0.05, 0.1) is 5.54 Å². The Hall–Kier alpha value is -1.62. The SMILES string of the molecule is CN(C)C1(c2cccc(F)c2)CCC2(CC1)CNC(=O)N2CC1CC1. The minimum atomic E-state index is -0.174. The molecule has 2 saturated carbocycles. The first-order valence-electron chi connectivity index (χ1n) is 9.44. The third-order valence-corrected chi connectivity index (χ3v) is 6.75. The van der Waals surface area contributed by atoms with E-state index in [9.17, 15) is 9.18 Å². The number of amides is 2. The van der Waals surface area contributed by atoms with E-state index in [1.54, 1.807) is 12.1 Å². The Bertz CT molecular complexity index is 663. The molecule has 1 aromatic carbocycles. The fraction of sp³-hybridized carbons (Fsp3) is 0.650. The summed E-state index contributed by atoms with van der Waals surface area (Å²) in [5.74, 6) is 0.525. The van der Waals surface area contributed by atoms with Gasteiger partial charge in [0.1, 0.15) is 5.82 Å². The third-order valence-electron chi connectivity index (χ3n) is 6.75. The third kappa shape index (κ3) is 2.82. The molecule has 1 N–H and O–H groups in total. The van der Waals surface area contributed by atoms with Crippen LogP contribution in [0.4, 0.5) is 9.18 Å². The molecule has 0 bridgehead atoms. The fourth-order valence-corrected chi connectivity index (χ4v) is 4.83. The second-order valence-electron chi connectivity index (χ2n) is 8.37. The second-order valence-corrected chi connectivity index (χ2v) is 8.37. The molecule has 3 aliphatic rings. The highest BCUT2D eigenvalue weighted by Crippen LogP contribution is 2.48. The Kier molecular flexibility index (Phi) is 4.02. The Morgan fingerprint density at radius 1 is 1.24 bits per heavy atom. The van der Waals surface area contributed by atoms with E-state index in [1.165, 1.54) is 18.9 Å². The molecule has 0 radical (unpaired) electrons. The van der Waals surface area contributed by atoms with Gasteiger partial charge in [0, 0.05) is 18.6 Å². The van der Waals surface area contributed by atoms with Gasteiger partial charge in [-0.15, -0.1) is 0 Å². The van der Waals surface area contributed by atoms with Crippen LogP contribution < -0.4 is 5.32 Å². The number of urea groups is 1. The molecule has 25 heavy (non-hydrogen) atoms. The molecule has 4 nitrogen and oxygen atoms in total. The number of hydrogen-bond acceptors (Lipinski definition) is 2. The standard InChI is InChI=1S/C20H28FN3O/c1-23(2)20(16-4-3-5-17(21)12-16)10-8-19(9-11-20)14-22-18(25)24(19)13-15-6-7-15/h3-5,12,15H,6-11,13-14H2,1-2H3,(H,22,25). The van der Waals surface area contributed by atoms with Crippen LogP contribution in [-0.4, -0.2) is 48.6 Å². The van der Waals surface area contributed by atoms with E-state index < -0.39 is 0 Å². The average molecular weight is 345 g/mol. The molecule has 2 aliphatic carbocycles. The quantitative estimate of drug-likeness (QED) is 0.908. The number of carbonyl (C=O) groups is 1. The molecule has 136 valence electrons. The molecule has 1 aromatic rings. The van der Waals surface area contributed by atoms with Crippen molar-refractivity contribution in [1.29, 1.82) is 0 Å². The van der Waals surface area contributed by atoms with Crippen molar-refractivity contribution < 1.29 is 9.18 Å². The molecule has 3 fully saturated rings. The number of carbonyl (C=O) groups excluding carboxylic acids is 1. The van der Waals surface area contributed by atoms with Gasteiger partial charge in [-0.05, 0) is 76.2 Å². The second kappa shape index (κ2) is 5.97. The topological polar surface area (TPSA) is 35.6 Å². The maximum Gasteiger partial charge on any atom is 0.318 e. The van der Waals surface area contributed by atoms with E-state index in [0.717, 1.165) is 44.3 Å². The van der Waals surface area contributed by atoms with Gasteiger partial charge in [0.15, 0.2) is 0 Å². The van der Waals surface area contributed by atoms with Crippen molar-refractivity contribution in [3.8, 4) is 0 Å². The average Bonchev–Trinajstić information content (AvgIpc) is 3.37. The smallest absolute Gasteiger partial charge is 0.318 e. The largest absolute Gasteiger partial charge is 0.336 e. The van der Waals surface area contributed by atoms with Crippen LogP contribution in [0.3, 0.4) is 0 Å². The van der Waals surface area contributed by atoms with Gasteiger partial charge < -0.3 is 10.2 Å². The van der Waals surface area contributed by atoms with E-state index in [-0.39, 0.29) is 22.9 Å². The van der Waals surface area contributed by atoms with E-state index in [4.69, 9.17) is 0 Å². The lowest BCUT2D eigenvalue weighted by atomic mass is 9.68. The zero-order valence-corrected chi connectivity index (χ0v) is 15.2. The summed E-state index contributed by atoms with van der Waals surface area (Å²) in [4.78, 5) is 16.7. The maximum atomic E-state index is 13.8. The Morgan fingerprint density at radius 3 is 2.56 bits per heavy atom. The van der Waals surface area contributed by atoms with Gasteiger partial charge in [-0.3, -0.25) is 4.90 Å². The molecule has 0 unspecified atom stereocenters. The van der Waals surface area contributed by atoms with Gasteiger partial charge >= 0.3 is 6.03 Å². The molecule has 1 saturated heterocycles. The highest BCUT2D eigenvalue weighted by molar-refractivity contribution is 5.78. The molecule has 4 rings (SSSR count). The number of halogens is 1. The molecule has 1 aliphatic heterocycles. The number of nitrogens with zero attached hydrogens (tertiary/aromatic N) is 2. The normalized spacial score (nSPS) is 32.5. The first kappa shape index (κ1) is 16.8. The Morgan fingerprint density at radius 2 is 1.96 bits per heavy atom. The van der Waals surface area contributed by atoms with Gasteiger partial charge in [-0.2, -0.15) is 0 Å². The molecular formula is C20H28FN3O. The summed E-state index contributed by atoms with van der Waals surface area (Å²) in [6, 6.07) is 7.14. The number of nitrogens with one attached hydrogen (secondary N) is 1. The van der Waals surface area contributed by atoms with Crippen molar-refractivity contribution in [2.75, 3.05) is 27.2 Å². The summed E-state index contributed by atoms with van der Waals surface area (Å²) in [6.45, 7) is 1.66. The van der Waals surface area contributed by atoms with Crippen LogP contribution in [0, 0.1) is 11.7 Å². The molecule has 5 heteroatoms. The van der Waals surface area contributed by atoms with E-state index in [1.807, 2.05) is 6.07 Å². The van der Waals surface area contributed by atoms with Crippen molar-refractivity contribution in [2.45, 2.75) is 49.6 Å². The number of rotatable bonds is 4. The van der Waals surface area contributed by atoms with Gasteiger partial charge in [0.25, 0.3) is 0 Å². The minimum Gasteiger partial charge on any atom is -0.336 e. The molecule has 0 aromatic heterocycles. The van der Waals surface area contributed by atoms with Gasteiger partial charge in [-0.25, -0.2) is 9.18 Å². The number of benzene rings is 1. The monoisotopic (exact) mass is 345 g/mol. The predicted octanol–water partition coefficient (Wildman–Crippen LogP) is 3.33. The van der Waals surface area contributed by atoms with E-state index in [2.05, 4.69) is 29.2 Å². The summed E-state index contributed by atoms with van der Waals surface area (Å²) in [6.07, 6.45) is 6.33. The molecular weight excluding hydrogens is 317 g/mol. The van der Waals surface area contributed by atoms with Crippen LogP contribution in [0.2, 0.25) is 0 Å². The first-order valence-corrected chi connectivity index (χ1v) is 9.44. The number of hydrogen-bond donors (Lipinski definition) is 1. The zero-order valence-electron chi connectivity index (χ0n) is 15.2. The van der Waals surface area contributed by atoms with Crippen molar-refractivity contribution in [3.05, 3.63) is 35.6 Å². The molecule has 1 heterocycles. The van der Waals surface area contributed by atoms with Crippen LogP contribution in [0.25, 0.3) is 0 Å². The Labute approximate surface area is 149 Å². The molecule has 1 spiro atoms. The van der Waals surface area contributed by atoms with Gasteiger partial charge in [0.2, 0.25) is 0 Å². The van der Waals surface area contributed by atoms with Crippen LogP contribution >= 0.6 is 0 Å². The lowest BCUT2D eigenvalue weighted by Gasteiger charge is -2.51. The van der Waals surface area contributed by atoms with Crippen molar-refractivity contribution in [2.24, 2.45) is 5.92 Å². The lowest BCUT2D eigenvalue weighted by molar-refractivity contribution is 0.0245. The first-order chi connectivity index (χ1) is 12.0. The summed E-state index contributed by atoms with van der Waals surface area (Å²) in [7, 11) is 4.17. The van der Waals surface area contributed by atoms with Crippen LogP contribution in [0.1, 0.15) is 44.1 Å². The van der Waals surface area contributed by atoms with E-state index in [0.29, 0.717) is 5.92 Å². The fourth-order valence-electron chi connectivity index (χ4n) is 4.83. The highest BCUT2D eigenvalue weighted by atomic mass is 19.1. The van der Waals surface area contributed by atoms with Crippen LogP contribution in [0.5, 0.6) is 0 Å². The van der Waals surface area contributed by atoms with Crippen LogP contribution in [-0.2, 0) is 5.54 Å². The van der Waals surface area contributed by atoms with Crippen LogP contribution in [0.15, 0.2) is 24.3 Å². The Balaban J connectivity index is 1.58. The van der Waals surface area contributed by atoms with Crippen molar-refractivity contribution in [3.63, 3.8) is 0 Å². The summed E-state index contributed by atoms with van der Waals surface area (Å²) < 4.78 is 13.8. The predicted molar refractivity (Wildman–Crippen MR) is 95.8 cm³/mol. The van der Waals surface area contributed by atoms with Gasteiger partial charge in [-0.1, -0.05) is 12.1 Å². The van der Waals surface area contributed by atoms with E-state index >= 15 is 0 Å². The van der Waals surface area contributed by atoms with Crippen molar-refractivity contribution in [1.82, 2.24) is 15.1 Å². The zero-order chi connectivity index (χ0) is 17.7. The molecule has 0 atom stereocenters. The maximum absolute atomic E-state index is 13.8. The molecule has 2 amide bonds.